The topological polar surface area (TPSA) is 58.4 Å². The molecule has 1 fully saturated rings. The standard InChI is InChI=1S/C11H23N3O/c1-2-6-10(12)9-13-11(15)14-7-4-3-5-8-14/h10H,2-9,12H2,1H3,(H,13,15). The summed E-state index contributed by atoms with van der Waals surface area (Å²) in [5, 5.41) is 2.90. The van der Waals surface area contributed by atoms with Crippen molar-refractivity contribution in [2.45, 2.75) is 45.1 Å². The molecule has 88 valence electrons. The number of likely N-dealkylation sites (tertiary alicyclic amines) is 1. The van der Waals surface area contributed by atoms with Gasteiger partial charge in [0.05, 0.1) is 0 Å². The van der Waals surface area contributed by atoms with Crippen LogP contribution in [0.2, 0.25) is 0 Å². The smallest absolute Gasteiger partial charge is 0.317 e. The van der Waals surface area contributed by atoms with Gasteiger partial charge < -0.3 is 16.0 Å². The molecule has 0 saturated carbocycles. The number of nitrogens with zero attached hydrogens (tertiary/aromatic N) is 1. The summed E-state index contributed by atoms with van der Waals surface area (Å²) in [5.74, 6) is 0. The van der Waals surface area contributed by atoms with Gasteiger partial charge >= 0.3 is 6.03 Å². The molecule has 1 unspecified atom stereocenters. The van der Waals surface area contributed by atoms with Crippen molar-refractivity contribution in [2.24, 2.45) is 5.73 Å². The fraction of sp³-hybridized carbons (Fsp3) is 0.909. The Labute approximate surface area is 92.2 Å². The monoisotopic (exact) mass is 213 g/mol. The number of carbonyl (C=O) groups excluding carboxylic acids is 1. The van der Waals surface area contributed by atoms with E-state index < -0.39 is 0 Å². The van der Waals surface area contributed by atoms with E-state index >= 15 is 0 Å². The van der Waals surface area contributed by atoms with E-state index in [-0.39, 0.29) is 12.1 Å². The van der Waals surface area contributed by atoms with E-state index in [4.69, 9.17) is 5.73 Å². The average molecular weight is 213 g/mol. The molecule has 0 aromatic carbocycles. The maximum atomic E-state index is 11.7. The third kappa shape index (κ3) is 4.51. The van der Waals surface area contributed by atoms with Gasteiger partial charge in [0.15, 0.2) is 0 Å². The maximum Gasteiger partial charge on any atom is 0.317 e. The second-order valence-corrected chi connectivity index (χ2v) is 4.28. The average Bonchev–Trinajstić information content (AvgIpc) is 2.27. The van der Waals surface area contributed by atoms with Crippen LogP contribution in [0, 0.1) is 0 Å². The molecule has 1 saturated heterocycles. The maximum absolute atomic E-state index is 11.7. The van der Waals surface area contributed by atoms with Crippen molar-refractivity contribution in [3.05, 3.63) is 0 Å². The molecule has 4 nitrogen and oxygen atoms in total. The Balaban J connectivity index is 2.16. The highest BCUT2D eigenvalue weighted by molar-refractivity contribution is 5.74. The fourth-order valence-electron chi connectivity index (χ4n) is 1.90. The predicted octanol–water partition coefficient (Wildman–Crippen LogP) is 1.31. The minimum absolute atomic E-state index is 0.0567. The van der Waals surface area contributed by atoms with Gasteiger partial charge in [0.25, 0.3) is 0 Å². The van der Waals surface area contributed by atoms with Gasteiger partial charge in [-0.15, -0.1) is 0 Å². The predicted molar refractivity (Wildman–Crippen MR) is 61.7 cm³/mol. The van der Waals surface area contributed by atoms with E-state index in [1.165, 1.54) is 6.42 Å². The lowest BCUT2D eigenvalue weighted by Gasteiger charge is -2.27. The summed E-state index contributed by atoms with van der Waals surface area (Å²) in [7, 11) is 0. The van der Waals surface area contributed by atoms with Crippen molar-refractivity contribution in [1.29, 1.82) is 0 Å². The molecule has 0 aliphatic carbocycles. The Bertz CT molecular complexity index is 190. The van der Waals surface area contributed by atoms with Crippen LogP contribution in [-0.2, 0) is 0 Å². The number of nitrogens with one attached hydrogen (secondary N) is 1. The third-order valence-electron chi connectivity index (χ3n) is 2.82. The summed E-state index contributed by atoms with van der Waals surface area (Å²) < 4.78 is 0. The third-order valence-corrected chi connectivity index (χ3v) is 2.82. The Morgan fingerprint density at radius 1 is 1.40 bits per heavy atom. The lowest BCUT2D eigenvalue weighted by molar-refractivity contribution is 0.185. The molecule has 1 rings (SSSR count). The molecule has 4 heteroatoms. The van der Waals surface area contributed by atoms with Crippen LogP contribution in [0.3, 0.4) is 0 Å². The van der Waals surface area contributed by atoms with Crippen molar-refractivity contribution in [3.63, 3.8) is 0 Å². The molecule has 0 aromatic rings. The molecule has 1 aliphatic heterocycles. The number of nitrogens with two attached hydrogens (primary N) is 1. The summed E-state index contributed by atoms with van der Waals surface area (Å²) in [6.45, 7) is 4.50. The number of carbonyl (C=O) groups is 1. The van der Waals surface area contributed by atoms with Crippen LogP contribution in [0.1, 0.15) is 39.0 Å². The SMILES string of the molecule is CCCC(N)CNC(=O)N1CCCCC1. The Hall–Kier alpha value is -0.770. The quantitative estimate of drug-likeness (QED) is 0.739. The van der Waals surface area contributed by atoms with E-state index in [0.29, 0.717) is 6.54 Å². The lowest BCUT2D eigenvalue weighted by atomic mass is 10.1. The Kier molecular flexibility index (Phi) is 5.47. The van der Waals surface area contributed by atoms with E-state index in [1.807, 2.05) is 4.90 Å². The Morgan fingerprint density at radius 3 is 2.67 bits per heavy atom. The van der Waals surface area contributed by atoms with Crippen molar-refractivity contribution in [3.8, 4) is 0 Å². The van der Waals surface area contributed by atoms with Crippen molar-refractivity contribution in [1.82, 2.24) is 10.2 Å². The number of urea groups is 1. The lowest BCUT2D eigenvalue weighted by Crippen LogP contribution is -2.46. The first-order valence-corrected chi connectivity index (χ1v) is 6.02. The molecule has 3 N–H and O–H groups in total. The second-order valence-electron chi connectivity index (χ2n) is 4.28. The number of piperidine rings is 1. The molecule has 2 amide bonds. The molecule has 0 spiro atoms. The summed E-state index contributed by atoms with van der Waals surface area (Å²) in [5.41, 5.74) is 5.83. The second kappa shape index (κ2) is 6.67. The minimum Gasteiger partial charge on any atom is -0.336 e. The zero-order chi connectivity index (χ0) is 11.1. The van der Waals surface area contributed by atoms with Gasteiger partial charge in [-0.3, -0.25) is 0 Å². The molecular weight excluding hydrogens is 190 g/mol. The molecule has 0 radical (unpaired) electrons. The van der Waals surface area contributed by atoms with E-state index in [1.54, 1.807) is 0 Å². The summed E-state index contributed by atoms with van der Waals surface area (Å²) in [6.07, 6.45) is 5.56. The van der Waals surface area contributed by atoms with Gasteiger partial charge in [-0.05, 0) is 25.7 Å². The molecule has 1 heterocycles. The van der Waals surface area contributed by atoms with Crippen LogP contribution in [0.4, 0.5) is 4.79 Å². The summed E-state index contributed by atoms with van der Waals surface area (Å²) >= 11 is 0. The molecule has 1 atom stereocenters. The zero-order valence-electron chi connectivity index (χ0n) is 9.67. The number of hydrogen-bond donors (Lipinski definition) is 2. The van der Waals surface area contributed by atoms with Crippen LogP contribution < -0.4 is 11.1 Å². The van der Waals surface area contributed by atoms with Crippen LogP contribution in [-0.4, -0.2) is 36.6 Å². The van der Waals surface area contributed by atoms with Crippen molar-refractivity contribution >= 4 is 6.03 Å². The number of rotatable bonds is 4. The number of hydrogen-bond acceptors (Lipinski definition) is 2. The largest absolute Gasteiger partial charge is 0.336 e. The highest BCUT2D eigenvalue weighted by Gasteiger charge is 2.16. The molecule has 15 heavy (non-hydrogen) atoms. The summed E-state index contributed by atoms with van der Waals surface area (Å²) in [6, 6.07) is 0.157. The van der Waals surface area contributed by atoms with E-state index in [0.717, 1.165) is 38.8 Å². The van der Waals surface area contributed by atoms with Crippen molar-refractivity contribution in [2.75, 3.05) is 19.6 Å². The molecular formula is C11H23N3O. The van der Waals surface area contributed by atoms with Crippen LogP contribution in [0.15, 0.2) is 0 Å². The van der Waals surface area contributed by atoms with Crippen LogP contribution in [0.25, 0.3) is 0 Å². The highest BCUT2D eigenvalue weighted by atomic mass is 16.2. The highest BCUT2D eigenvalue weighted by Crippen LogP contribution is 2.08. The van der Waals surface area contributed by atoms with Gasteiger partial charge in [-0.2, -0.15) is 0 Å². The number of amides is 2. The normalized spacial score (nSPS) is 18.7. The first kappa shape index (κ1) is 12.3. The van der Waals surface area contributed by atoms with E-state index in [9.17, 15) is 4.79 Å². The molecule has 0 bridgehead atoms. The minimum atomic E-state index is 0.0567. The van der Waals surface area contributed by atoms with E-state index in [2.05, 4.69) is 12.2 Å². The molecule has 0 aromatic heterocycles. The van der Waals surface area contributed by atoms with Gasteiger partial charge in [0.1, 0.15) is 0 Å². The van der Waals surface area contributed by atoms with Crippen LogP contribution >= 0.6 is 0 Å². The van der Waals surface area contributed by atoms with Crippen LogP contribution in [0.5, 0.6) is 0 Å². The van der Waals surface area contributed by atoms with Crippen molar-refractivity contribution < 1.29 is 4.79 Å². The Morgan fingerprint density at radius 2 is 2.07 bits per heavy atom. The molecule has 1 aliphatic rings. The first-order valence-electron chi connectivity index (χ1n) is 6.02. The summed E-state index contributed by atoms with van der Waals surface area (Å²) in [4.78, 5) is 13.6. The van der Waals surface area contributed by atoms with Gasteiger partial charge in [0, 0.05) is 25.7 Å². The zero-order valence-corrected chi connectivity index (χ0v) is 9.67. The van der Waals surface area contributed by atoms with Gasteiger partial charge in [-0.1, -0.05) is 13.3 Å². The first-order chi connectivity index (χ1) is 7.24. The fourth-order valence-corrected chi connectivity index (χ4v) is 1.90. The van der Waals surface area contributed by atoms with Gasteiger partial charge in [-0.25, -0.2) is 4.79 Å². The van der Waals surface area contributed by atoms with Gasteiger partial charge in [0.2, 0.25) is 0 Å².